The van der Waals surface area contributed by atoms with Crippen molar-refractivity contribution < 1.29 is 9.84 Å². The number of hydrogen-bond acceptors (Lipinski definition) is 4. The van der Waals surface area contributed by atoms with E-state index in [4.69, 9.17) is 9.84 Å². The van der Waals surface area contributed by atoms with Crippen LogP contribution in [0.15, 0.2) is 0 Å². The van der Waals surface area contributed by atoms with Gasteiger partial charge in [0.25, 0.3) is 0 Å². The van der Waals surface area contributed by atoms with Crippen molar-refractivity contribution in [1.82, 2.24) is 14.7 Å². The SMILES string of the molecule is CCc1nn(C)c(OC)c1CN(CCO)C1CC1. The average Bonchev–Trinajstić information content (AvgIpc) is 3.15. The predicted octanol–water partition coefficient (Wildman–Crippen LogP) is 0.948. The van der Waals surface area contributed by atoms with Crippen molar-refractivity contribution in [3.63, 3.8) is 0 Å². The maximum absolute atomic E-state index is 9.16. The summed E-state index contributed by atoms with van der Waals surface area (Å²) in [7, 11) is 3.60. The first-order chi connectivity index (χ1) is 8.71. The van der Waals surface area contributed by atoms with Crippen molar-refractivity contribution in [3.8, 4) is 5.88 Å². The zero-order valence-corrected chi connectivity index (χ0v) is 11.5. The van der Waals surface area contributed by atoms with Gasteiger partial charge in [0.2, 0.25) is 5.88 Å². The van der Waals surface area contributed by atoms with E-state index >= 15 is 0 Å². The van der Waals surface area contributed by atoms with E-state index in [0.717, 1.165) is 31.1 Å². The van der Waals surface area contributed by atoms with Crippen molar-refractivity contribution in [1.29, 1.82) is 0 Å². The minimum Gasteiger partial charge on any atom is -0.481 e. The molecule has 1 aliphatic rings. The predicted molar refractivity (Wildman–Crippen MR) is 69.7 cm³/mol. The van der Waals surface area contributed by atoms with Crippen LogP contribution in [0.4, 0.5) is 0 Å². The summed E-state index contributed by atoms with van der Waals surface area (Å²) < 4.78 is 7.25. The van der Waals surface area contributed by atoms with Crippen LogP contribution in [0.5, 0.6) is 5.88 Å². The molecule has 1 heterocycles. The molecule has 0 radical (unpaired) electrons. The van der Waals surface area contributed by atoms with Crippen LogP contribution in [-0.4, -0.2) is 46.1 Å². The van der Waals surface area contributed by atoms with Gasteiger partial charge in [0.1, 0.15) is 0 Å². The van der Waals surface area contributed by atoms with E-state index in [0.29, 0.717) is 6.04 Å². The van der Waals surface area contributed by atoms with Crippen LogP contribution in [0.1, 0.15) is 31.0 Å². The molecule has 5 heteroatoms. The lowest BCUT2D eigenvalue weighted by molar-refractivity contribution is 0.181. The Morgan fingerprint density at radius 3 is 2.72 bits per heavy atom. The van der Waals surface area contributed by atoms with E-state index in [1.165, 1.54) is 18.4 Å². The highest BCUT2D eigenvalue weighted by Crippen LogP contribution is 2.31. The normalized spacial score (nSPS) is 15.4. The number of aliphatic hydroxyl groups is 1. The Balaban J connectivity index is 2.19. The van der Waals surface area contributed by atoms with Crippen LogP contribution in [-0.2, 0) is 20.0 Å². The Morgan fingerprint density at radius 2 is 2.22 bits per heavy atom. The minimum absolute atomic E-state index is 0.209. The number of ether oxygens (including phenoxy) is 1. The third-order valence-corrected chi connectivity index (χ3v) is 3.51. The zero-order chi connectivity index (χ0) is 13.1. The fourth-order valence-electron chi connectivity index (χ4n) is 2.47. The molecule has 0 amide bonds. The largest absolute Gasteiger partial charge is 0.481 e. The van der Waals surface area contributed by atoms with Gasteiger partial charge in [-0.25, -0.2) is 4.68 Å². The Labute approximate surface area is 108 Å². The van der Waals surface area contributed by atoms with Crippen LogP contribution >= 0.6 is 0 Å². The van der Waals surface area contributed by atoms with Gasteiger partial charge in [0.15, 0.2) is 0 Å². The van der Waals surface area contributed by atoms with Gasteiger partial charge in [-0.3, -0.25) is 4.90 Å². The molecule has 0 spiro atoms. The van der Waals surface area contributed by atoms with E-state index in [9.17, 15) is 0 Å². The number of aromatic nitrogens is 2. The third kappa shape index (κ3) is 2.67. The molecule has 18 heavy (non-hydrogen) atoms. The monoisotopic (exact) mass is 253 g/mol. The van der Waals surface area contributed by atoms with E-state index in [1.54, 1.807) is 11.8 Å². The number of aryl methyl sites for hydroxylation is 2. The molecule has 0 aliphatic heterocycles. The van der Waals surface area contributed by atoms with Crippen molar-refractivity contribution >= 4 is 0 Å². The van der Waals surface area contributed by atoms with E-state index in [1.807, 2.05) is 7.05 Å². The molecule has 1 aromatic rings. The molecule has 1 aliphatic carbocycles. The van der Waals surface area contributed by atoms with E-state index < -0.39 is 0 Å². The smallest absolute Gasteiger partial charge is 0.216 e. The van der Waals surface area contributed by atoms with Crippen molar-refractivity contribution in [2.75, 3.05) is 20.3 Å². The summed E-state index contributed by atoms with van der Waals surface area (Å²) in [6, 6.07) is 0.631. The second-order valence-electron chi connectivity index (χ2n) is 4.84. The number of aliphatic hydroxyl groups excluding tert-OH is 1. The lowest BCUT2D eigenvalue weighted by Crippen LogP contribution is -2.29. The molecule has 5 nitrogen and oxygen atoms in total. The van der Waals surface area contributed by atoms with Gasteiger partial charge < -0.3 is 9.84 Å². The second-order valence-corrected chi connectivity index (χ2v) is 4.84. The van der Waals surface area contributed by atoms with E-state index in [2.05, 4.69) is 16.9 Å². The third-order valence-electron chi connectivity index (χ3n) is 3.51. The molecule has 2 rings (SSSR count). The Kier molecular flexibility index (Phi) is 4.24. The quantitative estimate of drug-likeness (QED) is 0.786. The summed E-state index contributed by atoms with van der Waals surface area (Å²) in [5, 5.41) is 13.7. The number of rotatable bonds is 7. The number of hydrogen-bond donors (Lipinski definition) is 1. The highest BCUT2D eigenvalue weighted by Gasteiger charge is 2.30. The maximum atomic E-state index is 9.16. The molecule has 1 saturated carbocycles. The van der Waals surface area contributed by atoms with Crippen molar-refractivity contribution in [2.45, 2.75) is 38.8 Å². The summed E-state index contributed by atoms with van der Waals surface area (Å²) in [6.07, 6.45) is 3.39. The molecule has 1 fully saturated rings. The average molecular weight is 253 g/mol. The van der Waals surface area contributed by atoms with Gasteiger partial charge in [-0.05, 0) is 19.3 Å². The highest BCUT2D eigenvalue weighted by atomic mass is 16.5. The van der Waals surface area contributed by atoms with Gasteiger partial charge in [0.05, 0.1) is 25.0 Å². The molecule has 0 aromatic carbocycles. The topological polar surface area (TPSA) is 50.5 Å². The van der Waals surface area contributed by atoms with Gasteiger partial charge >= 0.3 is 0 Å². The minimum atomic E-state index is 0.209. The van der Waals surface area contributed by atoms with Crippen molar-refractivity contribution in [3.05, 3.63) is 11.3 Å². The number of methoxy groups -OCH3 is 1. The highest BCUT2D eigenvalue weighted by molar-refractivity contribution is 5.32. The Morgan fingerprint density at radius 1 is 1.50 bits per heavy atom. The van der Waals surface area contributed by atoms with Gasteiger partial charge in [-0.1, -0.05) is 6.92 Å². The Hall–Kier alpha value is -1.07. The Bertz CT molecular complexity index is 399. The zero-order valence-electron chi connectivity index (χ0n) is 11.5. The molecule has 1 aromatic heterocycles. The lowest BCUT2D eigenvalue weighted by Gasteiger charge is -2.21. The van der Waals surface area contributed by atoms with E-state index in [-0.39, 0.29) is 6.61 Å². The van der Waals surface area contributed by atoms with Crippen LogP contribution < -0.4 is 4.74 Å². The molecule has 0 atom stereocenters. The van der Waals surface area contributed by atoms with Crippen molar-refractivity contribution in [2.24, 2.45) is 7.05 Å². The summed E-state index contributed by atoms with van der Waals surface area (Å²) >= 11 is 0. The fourth-order valence-corrected chi connectivity index (χ4v) is 2.47. The summed E-state index contributed by atoms with van der Waals surface area (Å²) in [5.74, 6) is 0.843. The van der Waals surface area contributed by atoms with Crippen LogP contribution in [0.2, 0.25) is 0 Å². The second kappa shape index (κ2) is 5.71. The van der Waals surface area contributed by atoms with Gasteiger partial charge in [-0.15, -0.1) is 0 Å². The molecule has 0 saturated heterocycles. The molecule has 0 unspecified atom stereocenters. The van der Waals surface area contributed by atoms with Crippen LogP contribution in [0.3, 0.4) is 0 Å². The summed E-state index contributed by atoms with van der Waals surface area (Å²) in [6.45, 7) is 3.87. The summed E-state index contributed by atoms with van der Waals surface area (Å²) in [5.41, 5.74) is 2.26. The summed E-state index contributed by atoms with van der Waals surface area (Å²) in [4.78, 5) is 2.33. The number of nitrogens with zero attached hydrogens (tertiary/aromatic N) is 3. The first-order valence-corrected chi connectivity index (χ1v) is 6.64. The molecular formula is C13H23N3O2. The maximum Gasteiger partial charge on any atom is 0.216 e. The standard InChI is InChI=1S/C13H23N3O2/c1-4-12-11(13(18-3)15(2)14-12)9-16(7-8-17)10-5-6-10/h10,17H,4-9H2,1-3H3. The van der Waals surface area contributed by atoms with Gasteiger partial charge in [-0.2, -0.15) is 5.10 Å². The molecule has 0 bridgehead atoms. The first-order valence-electron chi connectivity index (χ1n) is 6.64. The fraction of sp³-hybridized carbons (Fsp3) is 0.769. The molecule has 1 N–H and O–H groups in total. The first kappa shape index (κ1) is 13.4. The molecule has 102 valence electrons. The van der Waals surface area contributed by atoms with Crippen LogP contribution in [0.25, 0.3) is 0 Å². The lowest BCUT2D eigenvalue weighted by atomic mass is 10.2. The molecular weight excluding hydrogens is 230 g/mol. The van der Waals surface area contributed by atoms with Crippen LogP contribution in [0, 0.1) is 0 Å². The van der Waals surface area contributed by atoms with Gasteiger partial charge in [0, 0.05) is 26.2 Å².